The van der Waals surface area contributed by atoms with Gasteiger partial charge in [0.15, 0.2) is 15.8 Å². The lowest BCUT2D eigenvalue weighted by Gasteiger charge is -2.10. The summed E-state index contributed by atoms with van der Waals surface area (Å²) in [5.74, 6) is -2.36. The number of benzene rings is 1. The molecule has 0 radical (unpaired) electrons. The van der Waals surface area contributed by atoms with Gasteiger partial charge in [-0.15, -0.1) is 0 Å². The summed E-state index contributed by atoms with van der Waals surface area (Å²) < 4.78 is 38.0. The molecule has 0 aliphatic heterocycles. The highest BCUT2D eigenvalue weighted by molar-refractivity contribution is 7.90. The summed E-state index contributed by atoms with van der Waals surface area (Å²) in [6.07, 6.45) is 5.19. The van der Waals surface area contributed by atoms with Crippen LogP contribution in [0.3, 0.4) is 0 Å². The van der Waals surface area contributed by atoms with Gasteiger partial charge in [-0.2, -0.15) is 4.99 Å². The number of guanidine groups is 1. The second-order valence-corrected chi connectivity index (χ2v) is 7.35. The van der Waals surface area contributed by atoms with Gasteiger partial charge in [0.1, 0.15) is 5.82 Å². The summed E-state index contributed by atoms with van der Waals surface area (Å²) in [5, 5.41) is 0. The van der Waals surface area contributed by atoms with E-state index >= 15 is 0 Å². The van der Waals surface area contributed by atoms with Crippen LogP contribution in [0.2, 0.25) is 0 Å². The van der Waals surface area contributed by atoms with E-state index in [9.17, 15) is 17.6 Å². The molecule has 1 aromatic rings. The van der Waals surface area contributed by atoms with Crippen LogP contribution in [0.5, 0.6) is 0 Å². The number of nitrogens with two attached hydrogens (primary N) is 2. The lowest BCUT2D eigenvalue weighted by molar-refractivity contribution is 0.0998. The van der Waals surface area contributed by atoms with Crippen molar-refractivity contribution in [1.29, 1.82) is 0 Å². The molecular formula is C15H22FN3O3S. The molecule has 0 aliphatic rings. The molecule has 0 unspecified atom stereocenters. The highest BCUT2D eigenvalue weighted by Crippen LogP contribution is 2.23. The van der Waals surface area contributed by atoms with E-state index in [1.54, 1.807) is 0 Å². The Morgan fingerprint density at radius 2 is 1.87 bits per heavy atom. The van der Waals surface area contributed by atoms with Crippen molar-refractivity contribution in [2.75, 3.05) is 6.26 Å². The van der Waals surface area contributed by atoms with Crippen molar-refractivity contribution >= 4 is 21.7 Å². The van der Waals surface area contributed by atoms with E-state index in [-0.39, 0.29) is 4.90 Å². The molecule has 0 saturated carbocycles. The zero-order valence-corrected chi connectivity index (χ0v) is 14.1. The van der Waals surface area contributed by atoms with E-state index in [0.717, 1.165) is 44.1 Å². The maximum atomic E-state index is 14.1. The molecular weight excluding hydrogens is 321 g/mol. The van der Waals surface area contributed by atoms with Gasteiger partial charge in [-0.3, -0.25) is 4.79 Å². The zero-order valence-electron chi connectivity index (χ0n) is 13.3. The van der Waals surface area contributed by atoms with Crippen LogP contribution in [0.1, 0.15) is 48.5 Å². The van der Waals surface area contributed by atoms with Crippen LogP contribution in [0.25, 0.3) is 0 Å². The van der Waals surface area contributed by atoms with E-state index in [4.69, 9.17) is 11.5 Å². The van der Waals surface area contributed by atoms with Crippen LogP contribution in [0, 0.1) is 5.82 Å². The number of aryl methyl sites for hydroxylation is 1. The summed E-state index contributed by atoms with van der Waals surface area (Å²) in [7, 11) is -3.61. The van der Waals surface area contributed by atoms with Crippen molar-refractivity contribution in [1.82, 2.24) is 0 Å². The Bertz CT molecular complexity index is 711. The zero-order chi connectivity index (χ0) is 17.6. The summed E-state index contributed by atoms with van der Waals surface area (Å²) >= 11 is 0. The molecule has 0 bridgehead atoms. The SMILES string of the molecule is CCCCCCc1cc(F)c(C(=O)N=C(N)N)cc1S(C)(=O)=O. The number of rotatable bonds is 7. The van der Waals surface area contributed by atoms with Gasteiger partial charge in [-0.05, 0) is 30.5 Å². The number of carbonyl (C=O) groups is 1. The molecule has 4 N–H and O–H groups in total. The second kappa shape index (κ2) is 8.05. The van der Waals surface area contributed by atoms with Crippen LogP contribution < -0.4 is 11.5 Å². The van der Waals surface area contributed by atoms with Gasteiger partial charge in [-0.25, -0.2) is 12.8 Å². The Balaban J connectivity index is 3.25. The minimum absolute atomic E-state index is 0.0652. The molecule has 0 aliphatic carbocycles. The number of amides is 1. The molecule has 8 heteroatoms. The first-order valence-corrected chi connectivity index (χ1v) is 9.22. The largest absolute Gasteiger partial charge is 0.370 e. The topological polar surface area (TPSA) is 116 Å². The van der Waals surface area contributed by atoms with Crippen molar-refractivity contribution in [3.63, 3.8) is 0 Å². The highest BCUT2D eigenvalue weighted by atomic mass is 32.2. The summed E-state index contributed by atoms with van der Waals surface area (Å²) in [5.41, 5.74) is 10.1. The van der Waals surface area contributed by atoms with Gasteiger partial charge >= 0.3 is 0 Å². The fraction of sp³-hybridized carbons (Fsp3) is 0.467. The molecule has 0 fully saturated rings. The van der Waals surface area contributed by atoms with Crippen molar-refractivity contribution in [2.45, 2.75) is 43.9 Å². The average Bonchev–Trinajstić information content (AvgIpc) is 2.41. The summed E-state index contributed by atoms with van der Waals surface area (Å²) in [4.78, 5) is 15.0. The quantitative estimate of drug-likeness (QED) is 0.339. The third-order valence-electron chi connectivity index (χ3n) is 3.31. The lowest BCUT2D eigenvalue weighted by atomic mass is 10.0. The maximum absolute atomic E-state index is 14.1. The number of aliphatic imine (C=N–C) groups is 1. The van der Waals surface area contributed by atoms with Crippen molar-refractivity contribution in [3.8, 4) is 0 Å². The Hall–Kier alpha value is -1.96. The predicted molar refractivity (Wildman–Crippen MR) is 87.5 cm³/mol. The van der Waals surface area contributed by atoms with E-state index in [2.05, 4.69) is 11.9 Å². The molecule has 1 rings (SSSR count). The smallest absolute Gasteiger partial charge is 0.283 e. The third-order valence-corrected chi connectivity index (χ3v) is 4.49. The Labute approximate surface area is 135 Å². The molecule has 128 valence electrons. The van der Waals surface area contributed by atoms with E-state index in [1.165, 1.54) is 0 Å². The number of halogens is 1. The lowest BCUT2D eigenvalue weighted by Crippen LogP contribution is -2.24. The third kappa shape index (κ3) is 5.63. The van der Waals surface area contributed by atoms with Gasteiger partial charge in [0, 0.05) is 6.26 Å². The predicted octanol–water partition coefficient (Wildman–Crippen LogP) is 1.77. The van der Waals surface area contributed by atoms with Crippen LogP contribution in [0.4, 0.5) is 4.39 Å². The van der Waals surface area contributed by atoms with Crippen LogP contribution in [-0.4, -0.2) is 26.5 Å². The molecule has 23 heavy (non-hydrogen) atoms. The minimum atomic E-state index is -3.61. The molecule has 1 amide bonds. The van der Waals surface area contributed by atoms with E-state index in [0.29, 0.717) is 12.0 Å². The Kier molecular flexibility index (Phi) is 6.68. The van der Waals surface area contributed by atoms with Gasteiger partial charge in [0.2, 0.25) is 0 Å². The molecule has 0 heterocycles. The van der Waals surface area contributed by atoms with Gasteiger partial charge in [0.05, 0.1) is 10.5 Å². The van der Waals surface area contributed by atoms with Crippen molar-refractivity contribution in [2.24, 2.45) is 16.5 Å². The number of hydrogen-bond acceptors (Lipinski definition) is 3. The minimum Gasteiger partial charge on any atom is -0.370 e. The average molecular weight is 343 g/mol. The Morgan fingerprint density at radius 1 is 1.22 bits per heavy atom. The fourth-order valence-electron chi connectivity index (χ4n) is 2.22. The number of sulfone groups is 1. The highest BCUT2D eigenvalue weighted by Gasteiger charge is 2.20. The standard InChI is InChI=1S/C15H22FN3O3S/c1-3-4-5-6-7-10-8-12(16)11(14(20)19-15(17)18)9-13(10)23(2,21)22/h8-9H,3-7H2,1-2H3,(H4,17,18,19,20). The number of nitrogens with zero attached hydrogens (tertiary/aromatic N) is 1. The monoisotopic (exact) mass is 343 g/mol. The molecule has 6 nitrogen and oxygen atoms in total. The van der Waals surface area contributed by atoms with Crippen molar-refractivity contribution < 1.29 is 17.6 Å². The first-order chi connectivity index (χ1) is 10.7. The van der Waals surface area contributed by atoms with Gasteiger partial charge < -0.3 is 11.5 Å². The number of unbranched alkanes of at least 4 members (excludes halogenated alkanes) is 3. The molecule has 0 atom stereocenters. The van der Waals surface area contributed by atoms with Crippen LogP contribution in [0.15, 0.2) is 22.0 Å². The first-order valence-electron chi connectivity index (χ1n) is 7.33. The molecule has 1 aromatic carbocycles. The normalized spacial score (nSPS) is 11.3. The van der Waals surface area contributed by atoms with E-state index in [1.807, 2.05) is 0 Å². The molecule has 0 aromatic heterocycles. The van der Waals surface area contributed by atoms with Crippen molar-refractivity contribution in [3.05, 3.63) is 29.1 Å². The van der Waals surface area contributed by atoms with Gasteiger partial charge in [-0.1, -0.05) is 26.2 Å². The number of carbonyl (C=O) groups excluding carboxylic acids is 1. The summed E-state index contributed by atoms with van der Waals surface area (Å²) in [6.45, 7) is 2.06. The second-order valence-electron chi connectivity index (χ2n) is 5.36. The molecule has 0 saturated heterocycles. The Morgan fingerprint density at radius 3 is 2.39 bits per heavy atom. The van der Waals surface area contributed by atoms with Crippen LogP contribution in [-0.2, 0) is 16.3 Å². The maximum Gasteiger partial charge on any atom is 0.283 e. The fourth-order valence-corrected chi connectivity index (χ4v) is 3.19. The van der Waals surface area contributed by atoms with Crippen LogP contribution >= 0.6 is 0 Å². The number of hydrogen-bond donors (Lipinski definition) is 2. The van der Waals surface area contributed by atoms with E-state index < -0.39 is 33.1 Å². The molecule has 0 spiro atoms. The van der Waals surface area contributed by atoms with Gasteiger partial charge in [0.25, 0.3) is 5.91 Å². The summed E-state index contributed by atoms with van der Waals surface area (Å²) in [6, 6.07) is 2.09. The first kappa shape index (κ1) is 19.1.